The average Bonchev–Trinajstić information content (AvgIpc) is 2.80. The zero-order chi connectivity index (χ0) is 12.7. The Bertz CT molecular complexity index is 567. The van der Waals surface area contributed by atoms with Crippen molar-refractivity contribution >= 4 is 23.5 Å². The number of hydrogen-bond acceptors (Lipinski definition) is 4. The lowest BCUT2D eigenvalue weighted by molar-refractivity contribution is 0.996. The van der Waals surface area contributed by atoms with Crippen LogP contribution in [0.15, 0.2) is 24.3 Å². The van der Waals surface area contributed by atoms with Crippen LogP contribution in [0, 0.1) is 20.8 Å². The number of aryl methyl sites for hydroxylation is 3. The molecule has 1 aliphatic heterocycles. The largest absolute Gasteiger partial charge is 0.355 e. The number of aromatic nitrogens is 2. The van der Waals surface area contributed by atoms with Gasteiger partial charge in [0.25, 0.3) is 0 Å². The Morgan fingerprint density at radius 1 is 1.28 bits per heavy atom. The van der Waals surface area contributed by atoms with E-state index in [9.17, 15) is 0 Å². The molecule has 0 radical (unpaired) electrons. The molecule has 0 saturated heterocycles. The van der Waals surface area contributed by atoms with Crippen molar-refractivity contribution in [2.24, 2.45) is 0 Å². The van der Waals surface area contributed by atoms with Gasteiger partial charge in [-0.3, -0.25) is 0 Å². The van der Waals surface area contributed by atoms with Gasteiger partial charge in [-0.15, -0.1) is 0 Å². The Morgan fingerprint density at radius 3 is 2.89 bits per heavy atom. The number of anilines is 2. The van der Waals surface area contributed by atoms with E-state index in [1.165, 1.54) is 16.8 Å². The van der Waals surface area contributed by atoms with E-state index in [1.807, 2.05) is 11.0 Å². The standard InChI is InChI=1S/C13H16N4S/c1-8-4-5-9(2)11(6-8)14-13-15-12-7-10(3)16-17(12)18-13/h4-7,13-15H,1-3H3. The van der Waals surface area contributed by atoms with E-state index in [4.69, 9.17) is 0 Å². The van der Waals surface area contributed by atoms with Crippen LogP contribution in [0.25, 0.3) is 0 Å². The SMILES string of the molecule is Cc1ccc(C)c(NC2Nc3cc(C)nn3S2)c1. The molecule has 0 fully saturated rings. The number of rotatable bonds is 2. The Labute approximate surface area is 111 Å². The lowest BCUT2D eigenvalue weighted by Crippen LogP contribution is -2.21. The molecule has 1 aromatic carbocycles. The second kappa shape index (κ2) is 4.24. The van der Waals surface area contributed by atoms with Gasteiger partial charge in [-0.25, -0.2) is 0 Å². The van der Waals surface area contributed by atoms with Crippen LogP contribution in [-0.4, -0.2) is 14.7 Å². The maximum absolute atomic E-state index is 4.40. The minimum absolute atomic E-state index is 0.133. The monoisotopic (exact) mass is 260 g/mol. The smallest absolute Gasteiger partial charge is 0.168 e. The highest BCUT2D eigenvalue weighted by atomic mass is 32.2. The summed E-state index contributed by atoms with van der Waals surface area (Å²) in [6.45, 7) is 6.22. The summed E-state index contributed by atoms with van der Waals surface area (Å²) in [5, 5.41) is 11.3. The number of nitrogens with one attached hydrogen (secondary N) is 2. The summed E-state index contributed by atoms with van der Waals surface area (Å²) in [6.07, 6.45) is 0. The number of hydrogen-bond donors (Lipinski definition) is 2. The van der Waals surface area contributed by atoms with E-state index in [0.29, 0.717) is 0 Å². The minimum atomic E-state index is 0.133. The van der Waals surface area contributed by atoms with Gasteiger partial charge in [-0.1, -0.05) is 12.1 Å². The molecule has 2 heterocycles. The normalized spacial score (nSPS) is 17.4. The van der Waals surface area contributed by atoms with E-state index in [2.05, 4.69) is 53.8 Å². The summed E-state index contributed by atoms with van der Waals surface area (Å²) < 4.78 is 1.93. The van der Waals surface area contributed by atoms with Crippen LogP contribution in [0.5, 0.6) is 0 Å². The molecule has 94 valence electrons. The Balaban J connectivity index is 1.76. The van der Waals surface area contributed by atoms with Crippen molar-refractivity contribution < 1.29 is 0 Å². The third-order valence-electron chi connectivity index (χ3n) is 2.96. The minimum Gasteiger partial charge on any atom is -0.355 e. The third-order valence-corrected chi connectivity index (χ3v) is 3.89. The fourth-order valence-corrected chi connectivity index (χ4v) is 2.96. The summed E-state index contributed by atoms with van der Waals surface area (Å²) in [6, 6.07) is 8.49. The first-order chi connectivity index (χ1) is 8.61. The molecule has 4 nitrogen and oxygen atoms in total. The maximum atomic E-state index is 4.40. The van der Waals surface area contributed by atoms with E-state index in [1.54, 1.807) is 11.9 Å². The van der Waals surface area contributed by atoms with Crippen molar-refractivity contribution in [3.05, 3.63) is 41.1 Å². The van der Waals surface area contributed by atoms with Crippen molar-refractivity contribution in [3.63, 3.8) is 0 Å². The van der Waals surface area contributed by atoms with Gasteiger partial charge in [0.15, 0.2) is 5.50 Å². The van der Waals surface area contributed by atoms with Gasteiger partial charge >= 0.3 is 0 Å². The van der Waals surface area contributed by atoms with Gasteiger partial charge in [0.05, 0.1) is 5.69 Å². The average molecular weight is 260 g/mol. The van der Waals surface area contributed by atoms with Crippen LogP contribution in [0.2, 0.25) is 0 Å². The quantitative estimate of drug-likeness (QED) is 0.870. The highest BCUT2D eigenvalue weighted by molar-refractivity contribution is 7.98. The Kier molecular flexibility index (Phi) is 2.70. The van der Waals surface area contributed by atoms with Crippen molar-refractivity contribution in [2.45, 2.75) is 26.3 Å². The summed E-state index contributed by atoms with van der Waals surface area (Å²) in [5.41, 5.74) is 4.86. The molecule has 3 rings (SSSR count). The lowest BCUT2D eigenvalue weighted by atomic mass is 10.1. The third kappa shape index (κ3) is 2.06. The number of benzene rings is 1. The molecule has 2 aromatic rings. The highest BCUT2D eigenvalue weighted by Gasteiger charge is 2.23. The molecule has 1 aliphatic rings. The van der Waals surface area contributed by atoms with Gasteiger partial charge in [-0.05, 0) is 38.0 Å². The molecule has 0 saturated carbocycles. The predicted octanol–water partition coefficient (Wildman–Crippen LogP) is 3.13. The highest BCUT2D eigenvalue weighted by Crippen LogP contribution is 2.31. The molecule has 0 spiro atoms. The van der Waals surface area contributed by atoms with Crippen LogP contribution in [0.3, 0.4) is 0 Å². The van der Waals surface area contributed by atoms with Crippen LogP contribution in [-0.2, 0) is 0 Å². The molecule has 1 aromatic heterocycles. The Morgan fingerprint density at radius 2 is 2.11 bits per heavy atom. The van der Waals surface area contributed by atoms with Gasteiger partial charge in [0.2, 0.25) is 0 Å². The molecule has 1 atom stereocenters. The molecule has 5 heteroatoms. The molecule has 0 bridgehead atoms. The summed E-state index contributed by atoms with van der Waals surface area (Å²) in [5.74, 6) is 1.06. The molecule has 0 amide bonds. The van der Waals surface area contributed by atoms with Crippen LogP contribution in [0.1, 0.15) is 16.8 Å². The second-order valence-electron chi connectivity index (χ2n) is 4.64. The van der Waals surface area contributed by atoms with Gasteiger partial charge in [-0.2, -0.15) is 9.19 Å². The molecular weight excluding hydrogens is 244 g/mol. The fraction of sp³-hybridized carbons (Fsp3) is 0.308. The summed E-state index contributed by atoms with van der Waals surface area (Å²) >= 11 is 1.65. The van der Waals surface area contributed by atoms with Gasteiger partial charge < -0.3 is 10.6 Å². The molecule has 1 unspecified atom stereocenters. The van der Waals surface area contributed by atoms with E-state index in [-0.39, 0.29) is 5.50 Å². The van der Waals surface area contributed by atoms with E-state index >= 15 is 0 Å². The maximum Gasteiger partial charge on any atom is 0.168 e. The van der Waals surface area contributed by atoms with Crippen LogP contribution < -0.4 is 10.6 Å². The second-order valence-corrected chi connectivity index (χ2v) is 5.66. The number of nitrogens with zero attached hydrogens (tertiary/aromatic N) is 2. The molecule has 0 aliphatic carbocycles. The van der Waals surface area contributed by atoms with Crippen molar-refractivity contribution in [2.75, 3.05) is 10.6 Å². The first-order valence-corrected chi connectivity index (χ1v) is 6.79. The molecular formula is C13H16N4S. The van der Waals surface area contributed by atoms with Gasteiger partial charge in [0.1, 0.15) is 5.82 Å². The molecule has 18 heavy (non-hydrogen) atoms. The molecule has 2 N–H and O–H groups in total. The first-order valence-electron chi connectivity index (χ1n) is 5.96. The zero-order valence-electron chi connectivity index (χ0n) is 10.7. The summed E-state index contributed by atoms with van der Waals surface area (Å²) in [4.78, 5) is 0. The fourth-order valence-electron chi connectivity index (χ4n) is 2.01. The van der Waals surface area contributed by atoms with Crippen molar-refractivity contribution in [3.8, 4) is 0 Å². The van der Waals surface area contributed by atoms with Crippen LogP contribution in [0.4, 0.5) is 11.5 Å². The lowest BCUT2D eigenvalue weighted by Gasteiger charge is -2.15. The van der Waals surface area contributed by atoms with Gasteiger partial charge in [0, 0.05) is 23.7 Å². The Hall–Kier alpha value is -1.62. The number of fused-ring (bicyclic) bond motifs is 1. The van der Waals surface area contributed by atoms with E-state index in [0.717, 1.165) is 11.5 Å². The predicted molar refractivity (Wildman–Crippen MR) is 76.9 cm³/mol. The van der Waals surface area contributed by atoms with E-state index < -0.39 is 0 Å². The summed E-state index contributed by atoms with van der Waals surface area (Å²) in [7, 11) is 0. The topological polar surface area (TPSA) is 41.9 Å². The van der Waals surface area contributed by atoms with Crippen molar-refractivity contribution in [1.29, 1.82) is 0 Å². The zero-order valence-corrected chi connectivity index (χ0v) is 11.5. The van der Waals surface area contributed by atoms with Crippen LogP contribution >= 0.6 is 11.9 Å². The first kappa shape index (κ1) is 11.5. The van der Waals surface area contributed by atoms with Crippen molar-refractivity contribution in [1.82, 2.24) is 9.19 Å².